The zero-order chi connectivity index (χ0) is 15.5. The van der Waals surface area contributed by atoms with Gasteiger partial charge in [-0.3, -0.25) is 0 Å². The van der Waals surface area contributed by atoms with Crippen molar-refractivity contribution in [3.8, 4) is 0 Å². The lowest BCUT2D eigenvalue weighted by Gasteiger charge is -2.43. The summed E-state index contributed by atoms with van der Waals surface area (Å²) in [5.41, 5.74) is 8.32. The molecule has 0 radical (unpaired) electrons. The molecular formula is C19H31NO. The molecule has 2 heteroatoms. The zero-order valence-corrected chi connectivity index (χ0v) is 13.8. The molecule has 1 aromatic rings. The van der Waals surface area contributed by atoms with E-state index in [2.05, 4.69) is 45.0 Å². The molecule has 0 aliphatic heterocycles. The summed E-state index contributed by atoms with van der Waals surface area (Å²) in [6.45, 7) is 7.32. The van der Waals surface area contributed by atoms with Gasteiger partial charge < -0.3 is 10.8 Å². The first-order valence-electron chi connectivity index (χ1n) is 8.44. The summed E-state index contributed by atoms with van der Waals surface area (Å²) in [7, 11) is 0. The van der Waals surface area contributed by atoms with Crippen molar-refractivity contribution in [3.05, 3.63) is 35.4 Å². The molecule has 3 N–H and O–H groups in total. The topological polar surface area (TPSA) is 46.2 Å². The van der Waals surface area contributed by atoms with Crippen LogP contribution in [0.5, 0.6) is 0 Å². The molecule has 3 unspecified atom stereocenters. The Morgan fingerprint density at radius 2 is 1.95 bits per heavy atom. The van der Waals surface area contributed by atoms with Gasteiger partial charge in [-0.25, -0.2) is 0 Å². The van der Waals surface area contributed by atoms with Crippen LogP contribution in [0, 0.1) is 17.3 Å². The molecule has 0 amide bonds. The van der Waals surface area contributed by atoms with E-state index in [0.717, 1.165) is 24.8 Å². The fourth-order valence-corrected chi connectivity index (χ4v) is 3.91. The van der Waals surface area contributed by atoms with Gasteiger partial charge in [0.15, 0.2) is 0 Å². The molecule has 2 rings (SSSR count). The van der Waals surface area contributed by atoms with Gasteiger partial charge in [-0.15, -0.1) is 0 Å². The third-order valence-electron chi connectivity index (χ3n) is 5.05. The summed E-state index contributed by atoms with van der Waals surface area (Å²) < 4.78 is 0. The van der Waals surface area contributed by atoms with Gasteiger partial charge in [0.1, 0.15) is 0 Å². The van der Waals surface area contributed by atoms with Gasteiger partial charge in [0.2, 0.25) is 0 Å². The third kappa shape index (κ3) is 3.87. The lowest BCUT2D eigenvalue weighted by molar-refractivity contribution is -0.0130. The van der Waals surface area contributed by atoms with E-state index in [1.165, 1.54) is 18.4 Å². The van der Waals surface area contributed by atoms with Gasteiger partial charge >= 0.3 is 0 Å². The Morgan fingerprint density at radius 3 is 2.48 bits per heavy atom. The minimum Gasteiger partial charge on any atom is -0.388 e. The number of aliphatic hydroxyl groups excluding tert-OH is 1. The molecule has 0 bridgehead atoms. The van der Waals surface area contributed by atoms with Crippen molar-refractivity contribution in [2.75, 3.05) is 6.54 Å². The first-order chi connectivity index (χ1) is 9.97. The molecule has 1 aliphatic carbocycles. The van der Waals surface area contributed by atoms with Crippen molar-refractivity contribution in [2.45, 2.75) is 59.0 Å². The molecule has 0 saturated heterocycles. The van der Waals surface area contributed by atoms with Gasteiger partial charge in [0, 0.05) is 12.0 Å². The van der Waals surface area contributed by atoms with Crippen LogP contribution in [0.2, 0.25) is 0 Å². The van der Waals surface area contributed by atoms with Crippen molar-refractivity contribution in [1.82, 2.24) is 0 Å². The molecule has 21 heavy (non-hydrogen) atoms. The number of hydrogen-bond donors (Lipinski definition) is 2. The maximum Gasteiger partial charge on any atom is 0.0858 e. The van der Waals surface area contributed by atoms with Crippen LogP contribution in [-0.2, 0) is 6.42 Å². The van der Waals surface area contributed by atoms with Crippen molar-refractivity contribution in [1.29, 1.82) is 0 Å². The minimum absolute atomic E-state index is 0.128. The summed E-state index contributed by atoms with van der Waals surface area (Å²) in [5, 5.41) is 10.9. The molecule has 3 atom stereocenters. The maximum absolute atomic E-state index is 10.9. The highest BCUT2D eigenvalue weighted by Crippen LogP contribution is 2.47. The Bertz CT molecular complexity index is 439. The molecule has 118 valence electrons. The molecule has 0 aromatic heterocycles. The van der Waals surface area contributed by atoms with Gasteiger partial charge in [-0.05, 0) is 42.2 Å². The van der Waals surface area contributed by atoms with E-state index in [4.69, 9.17) is 5.73 Å². The van der Waals surface area contributed by atoms with Gasteiger partial charge in [-0.1, -0.05) is 57.9 Å². The van der Waals surface area contributed by atoms with E-state index >= 15 is 0 Å². The predicted molar refractivity (Wildman–Crippen MR) is 89.1 cm³/mol. The Hall–Kier alpha value is -0.860. The largest absolute Gasteiger partial charge is 0.388 e. The highest BCUT2D eigenvalue weighted by Gasteiger charge is 2.40. The van der Waals surface area contributed by atoms with E-state index in [1.807, 2.05) is 0 Å². The van der Waals surface area contributed by atoms with Crippen LogP contribution in [0.1, 0.15) is 63.7 Å². The van der Waals surface area contributed by atoms with Crippen LogP contribution in [0.25, 0.3) is 0 Å². The second-order valence-electron chi connectivity index (χ2n) is 7.51. The second-order valence-corrected chi connectivity index (χ2v) is 7.51. The molecule has 0 heterocycles. The lowest BCUT2D eigenvalue weighted by atomic mass is 9.65. The Labute approximate surface area is 129 Å². The van der Waals surface area contributed by atoms with Crippen molar-refractivity contribution < 1.29 is 5.11 Å². The lowest BCUT2D eigenvalue weighted by Crippen LogP contribution is -2.40. The van der Waals surface area contributed by atoms with Gasteiger partial charge in [0.25, 0.3) is 0 Å². The summed E-state index contributed by atoms with van der Waals surface area (Å²) in [4.78, 5) is 0. The Morgan fingerprint density at radius 1 is 1.29 bits per heavy atom. The smallest absolute Gasteiger partial charge is 0.0858 e. The van der Waals surface area contributed by atoms with Crippen molar-refractivity contribution in [2.24, 2.45) is 23.0 Å². The molecule has 1 aromatic carbocycles. The van der Waals surface area contributed by atoms with E-state index < -0.39 is 6.10 Å². The quantitative estimate of drug-likeness (QED) is 0.858. The third-order valence-corrected chi connectivity index (χ3v) is 5.05. The van der Waals surface area contributed by atoms with E-state index in [-0.39, 0.29) is 5.41 Å². The standard InChI is InChI=1S/C19H31NO/c1-14(2)11-16-6-8-17(9-7-16)18(21)19(13-20)10-4-5-15(3)12-19/h6-9,14-15,18,21H,4-5,10-13,20H2,1-3H3. The molecule has 1 fully saturated rings. The molecule has 2 nitrogen and oxygen atoms in total. The van der Waals surface area contributed by atoms with Crippen molar-refractivity contribution in [3.63, 3.8) is 0 Å². The molecule has 0 spiro atoms. The first-order valence-corrected chi connectivity index (χ1v) is 8.44. The van der Waals surface area contributed by atoms with Crippen molar-refractivity contribution >= 4 is 0 Å². The summed E-state index contributed by atoms with van der Waals surface area (Å²) in [6, 6.07) is 8.52. The number of aliphatic hydroxyl groups is 1. The van der Waals surface area contributed by atoms with Crippen LogP contribution in [0.4, 0.5) is 0 Å². The zero-order valence-electron chi connectivity index (χ0n) is 13.8. The van der Waals surface area contributed by atoms with E-state index in [9.17, 15) is 5.11 Å². The second kappa shape index (κ2) is 6.93. The fraction of sp³-hybridized carbons (Fsp3) is 0.684. The van der Waals surface area contributed by atoms with Crippen LogP contribution in [0.3, 0.4) is 0 Å². The average Bonchev–Trinajstić information content (AvgIpc) is 2.46. The highest BCUT2D eigenvalue weighted by atomic mass is 16.3. The summed E-state index contributed by atoms with van der Waals surface area (Å²) in [6.07, 6.45) is 5.19. The summed E-state index contributed by atoms with van der Waals surface area (Å²) in [5.74, 6) is 1.33. The Balaban J connectivity index is 2.15. The Kier molecular flexibility index (Phi) is 5.45. The van der Waals surface area contributed by atoms with Crippen LogP contribution >= 0.6 is 0 Å². The maximum atomic E-state index is 10.9. The predicted octanol–water partition coefficient (Wildman–Crippen LogP) is 4.07. The normalized spacial score (nSPS) is 27.8. The molecule has 1 saturated carbocycles. The number of benzene rings is 1. The van der Waals surface area contributed by atoms with Gasteiger partial charge in [0.05, 0.1) is 6.10 Å². The molecule has 1 aliphatic rings. The number of nitrogens with two attached hydrogens (primary N) is 1. The van der Waals surface area contributed by atoms with Crippen LogP contribution in [-0.4, -0.2) is 11.7 Å². The van der Waals surface area contributed by atoms with Crippen LogP contribution in [0.15, 0.2) is 24.3 Å². The SMILES string of the molecule is CC(C)Cc1ccc(C(O)C2(CN)CCCC(C)C2)cc1. The van der Waals surface area contributed by atoms with E-state index in [0.29, 0.717) is 18.4 Å². The average molecular weight is 289 g/mol. The number of hydrogen-bond acceptors (Lipinski definition) is 2. The van der Waals surface area contributed by atoms with Gasteiger partial charge in [-0.2, -0.15) is 0 Å². The molecular weight excluding hydrogens is 258 g/mol. The van der Waals surface area contributed by atoms with E-state index in [1.54, 1.807) is 0 Å². The fourth-order valence-electron chi connectivity index (χ4n) is 3.91. The monoisotopic (exact) mass is 289 g/mol. The summed E-state index contributed by atoms with van der Waals surface area (Å²) >= 11 is 0. The minimum atomic E-state index is -0.432. The number of rotatable bonds is 5. The first kappa shape index (κ1) is 16.5. The highest BCUT2D eigenvalue weighted by molar-refractivity contribution is 5.26. The van der Waals surface area contributed by atoms with Crippen LogP contribution < -0.4 is 5.73 Å².